The standard InChI is InChI=1S/C11H18N2O/c1-9-3-4-11(13-7-9)8-12-10(2)5-6-14/h3-4,7,10,12,14H,5-6,8H2,1-2H3/t10-/m1/s1. The molecule has 3 nitrogen and oxygen atoms in total. The number of aromatic nitrogens is 1. The third-order valence-electron chi connectivity index (χ3n) is 2.17. The first kappa shape index (κ1) is 11.1. The van der Waals surface area contributed by atoms with Crippen LogP contribution in [0.5, 0.6) is 0 Å². The van der Waals surface area contributed by atoms with E-state index in [4.69, 9.17) is 5.11 Å². The second-order valence-electron chi connectivity index (χ2n) is 3.62. The number of hydrogen-bond acceptors (Lipinski definition) is 3. The molecule has 0 fully saturated rings. The van der Waals surface area contributed by atoms with Gasteiger partial charge in [0.1, 0.15) is 0 Å². The highest BCUT2D eigenvalue weighted by Crippen LogP contribution is 1.99. The van der Waals surface area contributed by atoms with Gasteiger partial charge in [0.15, 0.2) is 0 Å². The van der Waals surface area contributed by atoms with Crippen molar-refractivity contribution in [3.05, 3.63) is 29.6 Å². The van der Waals surface area contributed by atoms with Gasteiger partial charge in [0.05, 0.1) is 5.69 Å². The molecule has 0 aliphatic rings. The van der Waals surface area contributed by atoms with Gasteiger partial charge in [-0.05, 0) is 31.9 Å². The Balaban J connectivity index is 2.34. The van der Waals surface area contributed by atoms with Gasteiger partial charge >= 0.3 is 0 Å². The Labute approximate surface area is 85.2 Å². The van der Waals surface area contributed by atoms with E-state index < -0.39 is 0 Å². The maximum absolute atomic E-state index is 8.71. The van der Waals surface area contributed by atoms with E-state index >= 15 is 0 Å². The van der Waals surface area contributed by atoms with Gasteiger partial charge in [0.2, 0.25) is 0 Å². The number of aryl methyl sites for hydroxylation is 1. The molecule has 1 atom stereocenters. The van der Waals surface area contributed by atoms with Gasteiger partial charge in [-0.3, -0.25) is 4.98 Å². The first-order valence-corrected chi connectivity index (χ1v) is 4.98. The second kappa shape index (κ2) is 5.73. The van der Waals surface area contributed by atoms with Crippen LogP contribution < -0.4 is 5.32 Å². The fourth-order valence-corrected chi connectivity index (χ4v) is 1.18. The summed E-state index contributed by atoms with van der Waals surface area (Å²) < 4.78 is 0. The first-order chi connectivity index (χ1) is 6.72. The lowest BCUT2D eigenvalue weighted by Gasteiger charge is -2.11. The maximum Gasteiger partial charge on any atom is 0.0541 e. The Morgan fingerprint density at radius 2 is 2.29 bits per heavy atom. The van der Waals surface area contributed by atoms with Gasteiger partial charge in [-0.1, -0.05) is 6.07 Å². The second-order valence-corrected chi connectivity index (χ2v) is 3.62. The fourth-order valence-electron chi connectivity index (χ4n) is 1.18. The van der Waals surface area contributed by atoms with Crippen molar-refractivity contribution in [3.8, 4) is 0 Å². The zero-order valence-electron chi connectivity index (χ0n) is 8.83. The van der Waals surface area contributed by atoms with Crippen LogP contribution in [0.3, 0.4) is 0 Å². The van der Waals surface area contributed by atoms with Crippen LogP contribution in [0.2, 0.25) is 0 Å². The molecule has 1 heterocycles. The number of pyridine rings is 1. The lowest BCUT2D eigenvalue weighted by Crippen LogP contribution is -2.26. The number of hydrogen-bond donors (Lipinski definition) is 2. The van der Waals surface area contributed by atoms with Crippen LogP contribution in [0.25, 0.3) is 0 Å². The molecule has 3 heteroatoms. The molecule has 0 aromatic carbocycles. The number of nitrogens with one attached hydrogen (secondary N) is 1. The molecular weight excluding hydrogens is 176 g/mol. The first-order valence-electron chi connectivity index (χ1n) is 4.98. The van der Waals surface area contributed by atoms with Crippen molar-refractivity contribution in [2.24, 2.45) is 0 Å². The lowest BCUT2D eigenvalue weighted by molar-refractivity contribution is 0.268. The summed E-state index contributed by atoms with van der Waals surface area (Å²) in [5, 5.41) is 12.0. The molecule has 0 bridgehead atoms. The normalized spacial score (nSPS) is 12.8. The smallest absolute Gasteiger partial charge is 0.0541 e. The maximum atomic E-state index is 8.71. The zero-order chi connectivity index (χ0) is 10.4. The molecule has 1 rings (SSSR count). The minimum Gasteiger partial charge on any atom is -0.396 e. The fraction of sp³-hybridized carbons (Fsp3) is 0.545. The zero-order valence-corrected chi connectivity index (χ0v) is 8.83. The van der Waals surface area contributed by atoms with Crippen LogP contribution >= 0.6 is 0 Å². The van der Waals surface area contributed by atoms with Crippen LogP contribution in [0, 0.1) is 6.92 Å². The summed E-state index contributed by atoms with van der Waals surface area (Å²) in [6.07, 6.45) is 2.65. The summed E-state index contributed by atoms with van der Waals surface area (Å²) in [4.78, 5) is 4.29. The quantitative estimate of drug-likeness (QED) is 0.741. The van der Waals surface area contributed by atoms with Gasteiger partial charge in [0.25, 0.3) is 0 Å². The molecule has 1 aromatic rings. The van der Waals surface area contributed by atoms with E-state index in [0.29, 0.717) is 6.04 Å². The highest BCUT2D eigenvalue weighted by atomic mass is 16.3. The molecule has 1 aromatic heterocycles. The Morgan fingerprint density at radius 1 is 1.50 bits per heavy atom. The van der Waals surface area contributed by atoms with Gasteiger partial charge in [0, 0.05) is 25.4 Å². The predicted octanol–water partition coefficient (Wildman–Crippen LogP) is 1.25. The average Bonchev–Trinajstić information content (AvgIpc) is 2.17. The summed E-state index contributed by atoms with van der Waals surface area (Å²) >= 11 is 0. The summed E-state index contributed by atoms with van der Waals surface area (Å²) in [7, 11) is 0. The monoisotopic (exact) mass is 194 g/mol. The molecule has 0 saturated carbocycles. The molecule has 0 amide bonds. The Kier molecular flexibility index (Phi) is 4.56. The Hall–Kier alpha value is -0.930. The van der Waals surface area contributed by atoms with E-state index in [-0.39, 0.29) is 6.61 Å². The molecule has 2 N–H and O–H groups in total. The lowest BCUT2D eigenvalue weighted by atomic mass is 10.2. The van der Waals surface area contributed by atoms with Gasteiger partial charge in [-0.15, -0.1) is 0 Å². The summed E-state index contributed by atoms with van der Waals surface area (Å²) in [6.45, 7) is 5.08. The third kappa shape index (κ3) is 3.85. The van der Waals surface area contributed by atoms with Crippen molar-refractivity contribution in [1.29, 1.82) is 0 Å². The Morgan fingerprint density at radius 3 is 2.86 bits per heavy atom. The van der Waals surface area contributed by atoms with Gasteiger partial charge < -0.3 is 10.4 Å². The van der Waals surface area contributed by atoms with E-state index in [0.717, 1.165) is 18.7 Å². The molecule has 0 spiro atoms. The topological polar surface area (TPSA) is 45.1 Å². The van der Waals surface area contributed by atoms with Gasteiger partial charge in [-0.25, -0.2) is 0 Å². The van der Waals surface area contributed by atoms with E-state index in [1.54, 1.807) is 0 Å². The average molecular weight is 194 g/mol. The van der Waals surface area contributed by atoms with E-state index in [2.05, 4.69) is 23.3 Å². The van der Waals surface area contributed by atoms with Crippen molar-refractivity contribution >= 4 is 0 Å². The van der Waals surface area contributed by atoms with Crippen LogP contribution in [0.4, 0.5) is 0 Å². The highest BCUT2D eigenvalue weighted by molar-refractivity contribution is 5.11. The van der Waals surface area contributed by atoms with Crippen molar-refractivity contribution in [3.63, 3.8) is 0 Å². The molecular formula is C11H18N2O. The van der Waals surface area contributed by atoms with Crippen LogP contribution in [0.15, 0.2) is 18.3 Å². The number of rotatable bonds is 5. The number of nitrogens with zero attached hydrogens (tertiary/aromatic N) is 1. The molecule has 0 radical (unpaired) electrons. The summed E-state index contributed by atoms with van der Waals surface area (Å²) in [5.41, 5.74) is 2.22. The number of aliphatic hydroxyl groups excluding tert-OH is 1. The van der Waals surface area contributed by atoms with Crippen molar-refractivity contribution < 1.29 is 5.11 Å². The van der Waals surface area contributed by atoms with Crippen molar-refractivity contribution in [2.45, 2.75) is 32.9 Å². The van der Waals surface area contributed by atoms with Crippen LogP contribution in [-0.2, 0) is 6.54 Å². The minimum absolute atomic E-state index is 0.232. The molecule has 0 aliphatic heterocycles. The van der Waals surface area contributed by atoms with Crippen molar-refractivity contribution in [2.75, 3.05) is 6.61 Å². The van der Waals surface area contributed by atoms with E-state index in [1.807, 2.05) is 19.2 Å². The van der Waals surface area contributed by atoms with E-state index in [9.17, 15) is 0 Å². The number of aliphatic hydroxyl groups is 1. The molecule has 0 saturated heterocycles. The summed E-state index contributed by atoms with van der Waals surface area (Å²) in [5.74, 6) is 0. The minimum atomic E-state index is 0.232. The van der Waals surface area contributed by atoms with Gasteiger partial charge in [-0.2, -0.15) is 0 Å². The van der Waals surface area contributed by atoms with E-state index in [1.165, 1.54) is 5.56 Å². The third-order valence-corrected chi connectivity index (χ3v) is 2.17. The highest BCUT2D eigenvalue weighted by Gasteiger charge is 2.00. The summed E-state index contributed by atoms with van der Waals surface area (Å²) in [6, 6.07) is 4.41. The van der Waals surface area contributed by atoms with Crippen LogP contribution in [-0.4, -0.2) is 22.7 Å². The predicted molar refractivity (Wildman–Crippen MR) is 57.0 cm³/mol. The molecule has 0 unspecified atom stereocenters. The molecule has 14 heavy (non-hydrogen) atoms. The Bertz CT molecular complexity index is 258. The molecule has 78 valence electrons. The SMILES string of the molecule is Cc1ccc(CN[C@H](C)CCO)nc1. The van der Waals surface area contributed by atoms with Crippen LogP contribution in [0.1, 0.15) is 24.6 Å². The largest absolute Gasteiger partial charge is 0.396 e. The van der Waals surface area contributed by atoms with Crippen molar-refractivity contribution in [1.82, 2.24) is 10.3 Å². The molecule has 0 aliphatic carbocycles.